The molecule has 0 aliphatic carbocycles. The van der Waals surface area contributed by atoms with E-state index in [0.29, 0.717) is 5.75 Å². The fourth-order valence-electron chi connectivity index (χ4n) is 3.31. The van der Waals surface area contributed by atoms with Crippen LogP contribution < -0.4 is 9.64 Å². The minimum absolute atomic E-state index is 0.273. The molecule has 128 valence electrons. The van der Waals surface area contributed by atoms with Crippen LogP contribution in [0.15, 0.2) is 91.0 Å². The van der Waals surface area contributed by atoms with Crippen molar-refractivity contribution in [3.8, 4) is 5.75 Å². The van der Waals surface area contributed by atoms with E-state index in [1.807, 2.05) is 73.8 Å². The Morgan fingerprint density at radius 3 is 2.19 bits per heavy atom. The molecule has 1 heterocycles. The van der Waals surface area contributed by atoms with Crippen LogP contribution >= 0.6 is 0 Å². The number of fused-ring (bicyclic) bond motifs is 1. The second-order valence-electron chi connectivity index (χ2n) is 6.25. The average molecular weight is 341 g/mol. The Morgan fingerprint density at radius 2 is 1.46 bits per heavy atom. The third-order valence-corrected chi connectivity index (χ3v) is 4.60. The number of carbonyl (C=O) groups is 1. The first-order valence-corrected chi connectivity index (χ1v) is 8.60. The molecule has 1 atom stereocenters. The van der Waals surface area contributed by atoms with E-state index < -0.39 is 5.92 Å². The minimum atomic E-state index is -0.446. The number of benzene rings is 3. The van der Waals surface area contributed by atoms with E-state index in [4.69, 9.17) is 4.74 Å². The van der Waals surface area contributed by atoms with Crippen LogP contribution in [0.1, 0.15) is 17.0 Å². The van der Waals surface area contributed by atoms with Crippen LogP contribution in [0.4, 0.5) is 5.69 Å². The van der Waals surface area contributed by atoms with Crippen molar-refractivity contribution < 1.29 is 9.53 Å². The van der Waals surface area contributed by atoms with Crippen molar-refractivity contribution in [1.82, 2.24) is 0 Å². The second kappa shape index (κ2) is 6.89. The van der Waals surface area contributed by atoms with Crippen LogP contribution in [0.2, 0.25) is 0 Å². The molecule has 0 N–H and O–H groups in total. The summed E-state index contributed by atoms with van der Waals surface area (Å²) >= 11 is 0. The van der Waals surface area contributed by atoms with Gasteiger partial charge in [-0.2, -0.15) is 0 Å². The highest BCUT2D eigenvalue weighted by atomic mass is 16.5. The van der Waals surface area contributed by atoms with Gasteiger partial charge >= 0.3 is 5.97 Å². The van der Waals surface area contributed by atoms with Crippen molar-refractivity contribution in [1.29, 1.82) is 0 Å². The SMILES string of the molecule is CN1C(c2ccccc2)=CC(C(=O)Oc2ccccc2)c2ccccc21. The van der Waals surface area contributed by atoms with Crippen LogP contribution in [-0.2, 0) is 4.79 Å². The molecule has 3 aromatic carbocycles. The molecule has 0 spiro atoms. The monoisotopic (exact) mass is 341 g/mol. The summed E-state index contributed by atoms with van der Waals surface area (Å²) in [6.07, 6.45) is 1.99. The molecule has 0 fully saturated rings. The van der Waals surface area contributed by atoms with E-state index in [-0.39, 0.29) is 5.97 Å². The Balaban J connectivity index is 1.75. The fourth-order valence-corrected chi connectivity index (χ4v) is 3.31. The smallest absolute Gasteiger partial charge is 0.322 e. The third-order valence-electron chi connectivity index (χ3n) is 4.60. The summed E-state index contributed by atoms with van der Waals surface area (Å²) in [5.41, 5.74) is 4.04. The molecule has 26 heavy (non-hydrogen) atoms. The third kappa shape index (κ3) is 3.00. The molecule has 1 unspecified atom stereocenters. The number of carbonyl (C=O) groups excluding carboxylic acids is 1. The lowest BCUT2D eigenvalue weighted by Crippen LogP contribution is -2.27. The molecule has 0 saturated carbocycles. The van der Waals surface area contributed by atoms with E-state index in [2.05, 4.69) is 17.0 Å². The summed E-state index contributed by atoms with van der Waals surface area (Å²) in [5, 5.41) is 0. The number of hydrogen-bond acceptors (Lipinski definition) is 3. The number of esters is 1. The maximum absolute atomic E-state index is 12.9. The summed E-state index contributed by atoms with van der Waals surface area (Å²) in [6, 6.07) is 27.3. The van der Waals surface area contributed by atoms with Gasteiger partial charge in [-0.3, -0.25) is 4.79 Å². The molecule has 0 aromatic heterocycles. The molecule has 1 aliphatic rings. The number of rotatable bonds is 3. The Labute approximate surface area is 153 Å². The predicted molar refractivity (Wildman–Crippen MR) is 104 cm³/mol. The first-order valence-electron chi connectivity index (χ1n) is 8.60. The summed E-state index contributed by atoms with van der Waals surface area (Å²) in [7, 11) is 2.02. The van der Waals surface area contributed by atoms with Gasteiger partial charge in [0, 0.05) is 18.4 Å². The van der Waals surface area contributed by atoms with Crippen LogP contribution in [0.5, 0.6) is 5.75 Å². The van der Waals surface area contributed by atoms with Crippen LogP contribution in [-0.4, -0.2) is 13.0 Å². The van der Waals surface area contributed by atoms with E-state index >= 15 is 0 Å². The first kappa shape index (κ1) is 16.2. The molecule has 3 nitrogen and oxygen atoms in total. The maximum Gasteiger partial charge on any atom is 0.322 e. The van der Waals surface area contributed by atoms with Crippen molar-refractivity contribution in [3.63, 3.8) is 0 Å². The van der Waals surface area contributed by atoms with Gasteiger partial charge in [0.2, 0.25) is 0 Å². The van der Waals surface area contributed by atoms with Gasteiger partial charge in [-0.15, -0.1) is 0 Å². The molecule has 0 amide bonds. The number of hydrogen-bond donors (Lipinski definition) is 0. The average Bonchev–Trinajstić information content (AvgIpc) is 2.70. The Hall–Kier alpha value is -3.33. The summed E-state index contributed by atoms with van der Waals surface area (Å²) in [5.74, 6) is -0.161. The largest absolute Gasteiger partial charge is 0.426 e. The lowest BCUT2D eigenvalue weighted by Gasteiger charge is -2.32. The highest BCUT2D eigenvalue weighted by Crippen LogP contribution is 2.39. The highest BCUT2D eigenvalue weighted by Gasteiger charge is 2.30. The number of ether oxygens (including phenoxy) is 1. The number of para-hydroxylation sites is 2. The minimum Gasteiger partial charge on any atom is -0.426 e. The van der Waals surface area contributed by atoms with E-state index in [1.165, 1.54) is 0 Å². The van der Waals surface area contributed by atoms with Gasteiger partial charge in [0.05, 0.1) is 0 Å². The molecule has 4 rings (SSSR count). The highest BCUT2D eigenvalue weighted by molar-refractivity contribution is 5.93. The molecular formula is C23H19NO2. The Morgan fingerprint density at radius 1 is 0.846 bits per heavy atom. The quantitative estimate of drug-likeness (QED) is 0.503. The molecule has 0 saturated heterocycles. The summed E-state index contributed by atoms with van der Waals surface area (Å²) in [6.45, 7) is 0. The molecule has 3 heteroatoms. The van der Waals surface area contributed by atoms with Crippen LogP contribution in [0, 0.1) is 0 Å². The Kier molecular flexibility index (Phi) is 4.28. The number of anilines is 1. The summed E-state index contributed by atoms with van der Waals surface area (Å²) < 4.78 is 5.63. The standard InChI is InChI=1S/C23H19NO2/c1-24-21-15-9-8-14-19(21)20(16-22(24)17-10-4-2-5-11-17)23(25)26-18-12-6-3-7-13-18/h2-16,20H,1H3. The van der Waals surface area contributed by atoms with Crippen molar-refractivity contribution in [2.45, 2.75) is 5.92 Å². The maximum atomic E-state index is 12.9. The molecule has 0 radical (unpaired) electrons. The van der Waals surface area contributed by atoms with Crippen LogP contribution in [0.25, 0.3) is 5.70 Å². The zero-order valence-electron chi connectivity index (χ0n) is 14.5. The van der Waals surface area contributed by atoms with Gasteiger partial charge in [-0.25, -0.2) is 0 Å². The van der Waals surface area contributed by atoms with Crippen molar-refractivity contribution in [3.05, 3.63) is 102 Å². The molecule has 1 aliphatic heterocycles. The van der Waals surface area contributed by atoms with Gasteiger partial charge in [-0.1, -0.05) is 66.7 Å². The van der Waals surface area contributed by atoms with Crippen LogP contribution in [0.3, 0.4) is 0 Å². The van der Waals surface area contributed by atoms with E-state index in [1.54, 1.807) is 12.1 Å². The van der Waals surface area contributed by atoms with E-state index in [0.717, 1.165) is 22.5 Å². The second-order valence-corrected chi connectivity index (χ2v) is 6.25. The zero-order valence-corrected chi connectivity index (χ0v) is 14.5. The number of nitrogens with zero attached hydrogens (tertiary/aromatic N) is 1. The summed E-state index contributed by atoms with van der Waals surface area (Å²) in [4.78, 5) is 15.1. The predicted octanol–water partition coefficient (Wildman–Crippen LogP) is 4.87. The van der Waals surface area contributed by atoms with Gasteiger partial charge in [0.15, 0.2) is 0 Å². The van der Waals surface area contributed by atoms with Gasteiger partial charge in [0.25, 0.3) is 0 Å². The lowest BCUT2D eigenvalue weighted by molar-refractivity contribution is -0.134. The normalized spacial score (nSPS) is 15.8. The van der Waals surface area contributed by atoms with Crippen molar-refractivity contribution >= 4 is 17.4 Å². The van der Waals surface area contributed by atoms with Gasteiger partial charge < -0.3 is 9.64 Å². The molecule has 0 bridgehead atoms. The zero-order chi connectivity index (χ0) is 17.9. The first-order chi connectivity index (χ1) is 12.7. The molecule has 3 aromatic rings. The Bertz CT molecular complexity index is 948. The van der Waals surface area contributed by atoms with Crippen molar-refractivity contribution in [2.75, 3.05) is 11.9 Å². The lowest BCUT2D eigenvalue weighted by atomic mass is 9.90. The van der Waals surface area contributed by atoms with Gasteiger partial charge in [0.1, 0.15) is 11.7 Å². The molecular weight excluding hydrogens is 322 g/mol. The topological polar surface area (TPSA) is 29.5 Å². The van der Waals surface area contributed by atoms with Crippen molar-refractivity contribution in [2.24, 2.45) is 0 Å². The fraction of sp³-hybridized carbons (Fsp3) is 0.0870. The van der Waals surface area contributed by atoms with E-state index in [9.17, 15) is 4.79 Å². The van der Waals surface area contributed by atoms with Gasteiger partial charge in [-0.05, 0) is 35.4 Å².